The molecule has 0 aliphatic heterocycles. The van der Waals surface area contributed by atoms with Crippen LogP contribution in [0.1, 0.15) is 51.9 Å². The Morgan fingerprint density at radius 3 is 2.50 bits per heavy atom. The number of rotatable bonds is 11. The zero-order valence-corrected chi connectivity index (χ0v) is 13.6. The molecule has 0 radical (unpaired) electrons. The maximum atomic E-state index is 12.0. The van der Waals surface area contributed by atoms with Gasteiger partial charge in [-0.25, -0.2) is 9.48 Å². The summed E-state index contributed by atoms with van der Waals surface area (Å²) in [4.78, 5) is 23.9. The lowest BCUT2D eigenvalue weighted by atomic mass is 10.1. The lowest BCUT2D eigenvalue weighted by Crippen LogP contribution is -2.40. The van der Waals surface area contributed by atoms with Crippen molar-refractivity contribution in [2.75, 3.05) is 13.2 Å². The van der Waals surface area contributed by atoms with Gasteiger partial charge in [0.1, 0.15) is 0 Å². The van der Waals surface area contributed by atoms with Crippen LogP contribution in [0.4, 0.5) is 0 Å². The number of ether oxygens (including phenoxy) is 1. The van der Waals surface area contributed by atoms with E-state index in [1.54, 1.807) is 0 Å². The molecule has 0 amide bonds. The van der Waals surface area contributed by atoms with Gasteiger partial charge < -0.3 is 9.84 Å². The number of unbranched alkanes of at least 4 members (excludes halogenated alkanes) is 5. The maximum absolute atomic E-state index is 12.0. The van der Waals surface area contributed by atoms with Crippen molar-refractivity contribution in [1.82, 2.24) is 14.3 Å². The van der Waals surface area contributed by atoms with Crippen LogP contribution >= 0.6 is 0 Å². The minimum Gasteiger partial charge on any atom is -0.473 e. The molecule has 0 aliphatic rings. The average Bonchev–Trinajstić information content (AvgIpc) is 2.52. The van der Waals surface area contributed by atoms with Crippen LogP contribution in [0.25, 0.3) is 0 Å². The zero-order chi connectivity index (χ0) is 16.4. The van der Waals surface area contributed by atoms with Gasteiger partial charge in [0.05, 0.1) is 6.61 Å². The second-order valence-corrected chi connectivity index (χ2v) is 5.37. The van der Waals surface area contributed by atoms with Gasteiger partial charge in [-0.15, -0.1) is 5.10 Å². The van der Waals surface area contributed by atoms with Crippen LogP contribution in [0.5, 0.6) is 5.88 Å². The van der Waals surface area contributed by atoms with E-state index in [-0.39, 0.29) is 12.5 Å². The zero-order valence-electron chi connectivity index (χ0n) is 13.6. The molecule has 7 nitrogen and oxygen atoms in total. The minimum atomic E-state index is -0.517. The Bertz CT molecular complexity index is 551. The van der Waals surface area contributed by atoms with Crippen molar-refractivity contribution in [3.63, 3.8) is 0 Å². The molecule has 0 spiro atoms. The fourth-order valence-corrected chi connectivity index (χ4v) is 2.08. The molecule has 0 unspecified atom stereocenters. The summed E-state index contributed by atoms with van der Waals surface area (Å²) in [5.41, 5.74) is -0.931. The van der Waals surface area contributed by atoms with Gasteiger partial charge in [-0.2, -0.15) is 0 Å². The van der Waals surface area contributed by atoms with Gasteiger partial charge in [0.25, 0.3) is 5.88 Å². The van der Waals surface area contributed by atoms with Gasteiger partial charge in [-0.05, 0) is 19.3 Å². The van der Waals surface area contributed by atoms with Crippen molar-refractivity contribution in [3.8, 4) is 5.88 Å². The Balaban J connectivity index is 2.69. The molecule has 22 heavy (non-hydrogen) atoms. The van der Waals surface area contributed by atoms with Gasteiger partial charge in [0.15, 0.2) is 0 Å². The van der Waals surface area contributed by atoms with Crippen molar-refractivity contribution in [1.29, 1.82) is 0 Å². The first-order chi connectivity index (χ1) is 10.6. The highest BCUT2D eigenvalue weighted by Crippen LogP contribution is 2.03. The minimum absolute atomic E-state index is 0.0476. The summed E-state index contributed by atoms with van der Waals surface area (Å²) in [7, 11) is 1.43. The third-order valence-corrected chi connectivity index (χ3v) is 3.47. The molecule has 0 saturated heterocycles. The Kier molecular flexibility index (Phi) is 8.50. The van der Waals surface area contributed by atoms with Crippen LogP contribution in [0.3, 0.4) is 0 Å². The van der Waals surface area contributed by atoms with E-state index < -0.39 is 11.2 Å². The van der Waals surface area contributed by atoms with Crippen LogP contribution in [0.2, 0.25) is 0 Å². The lowest BCUT2D eigenvalue weighted by molar-refractivity contribution is 0.240. The molecular weight excluding hydrogens is 286 g/mol. The number of hydrogen-bond donors (Lipinski definition) is 1. The summed E-state index contributed by atoms with van der Waals surface area (Å²) in [5, 5.41) is 12.8. The van der Waals surface area contributed by atoms with Crippen molar-refractivity contribution >= 4 is 0 Å². The molecule has 1 rings (SSSR count). The second kappa shape index (κ2) is 10.2. The molecule has 7 heteroatoms. The van der Waals surface area contributed by atoms with E-state index in [1.165, 1.54) is 24.6 Å². The molecule has 0 aromatic carbocycles. The van der Waals surface area contributed by atoms with E-state index in [1.807, 2.05) is 0 Å². The smallest absolute Gasteiger partial charge is 0.347 e. The SMILES string of the molecule is CCCCCCCn1nc(OCCCCO)c(=O)n(C)c1=O. The predicted octanol–water partition coefficient (Wildman–Crippen LogP) is 1.06. The van der Waals surface area contributed by atoms with Gasteiger partial charge in [0, 0.05) is 20.2 Å². The molecule has 1 aromatic heterocycles. The van der Waals surface area contributed by atoms with Crippen molar-refractivity contribution in [3.05, 3.63) is 20.8 Å². The summed E-state index contributed by atoms with van der Waals surface area (Å²) >= 11 is 0. The number of nitrogens with zero attached hydrogens (tertiary/aromatic N) is 3. The van der Waals surface area contributed by atoms with Crippen LogP contribution in [-0.2, 0) is 13.6 Å². The Hall–Kier alpha value is -1.63. The average molecular weight is 313 g/mol. The first-order valence-corrected chi connectivity index (χ1v) is 8.03. The predicted molar refractivity (Wildman–Crippen MR) is 84.3 cm³/mol. The maximum Gasteiger partial charge on any atom is 0.347 e. The first-order valence-electron chi connectivity index (χ1n) is 8.03. The Labute approximate surface area is 130 Å². The molecule has 1 N–H and O–H groups in total. The van der Waals surface area contributed by atoms with Gasteiger partial charge >= 0.3 is 11.2 Å². The topological polar surface area (TPSA) is 86.3 Å². The molecule has 0 aliphatic carbocycles. The van der Waals surface area contributed by atoms with Crippen molar-refractivity contribution in [2.24, 2.45) is 7.05 Å². The normalized spacial score (nSPS) is 10.9. The van der Waals surface area contributed by atoms with Gasteiger partial charge in [-0.3, -0.25) is 9.36 Å². The molecular formula is C15H27N3O4. The highest BCUT2D eigenvalue weighted by molar-refractivity contribution is 5.01. The third-order valence-electron chi connectivity index (χ3n) is 3.47. The summed E-state index contributed by atoms with van der Waals surface area (Å²) in [6, 6.07) is 0. The van der Waals surface area contributed by atoms with Crippen molar-refractivity contribution < 1.29 is 9.84 Å². The standard InChI is InChI=1S/C15H27N3O4/c1-3-4-5-6-7-10-18-15(21)17(2)14(20)13(16-18)22-12-9-8-11-19/h19H,3-12H2,1-2H3. The first kappa shape index (κ1) is 18.4. The monoisotopic (exact) mass is 313 g/mol. The quantitative estimate of drug-likeness (QED) is 0.617. The number of aliphatic hydroxyl groups excluding tert-OH is 1. The van der Waals surface area contributed by atoms with E-state index in [4.69, 9.17) is 9.84 Å². The summed E-state index contributed by atoms with van der Waals surface area (Å²) in [5.74, 6) is -0.0476. The van der Waals surface area contributed by atoms with Crippen LogP contribution in [0, 0.1) is 0 Å². The fraction of sp³-hybridized carbons (Fsp3) is 0.800. The summed E-state index contributed by atoms with van der Waals surface area (Å²) < 4.78 is 7.67. The van der Waals surface area contributed by atoms with E-state index in [0.717, 1.165) is 23.8 Å². The Morgan fingerprint density at radius 1 is 1.09 bits per heavy atom. The van der Waals surface area contributed by atoms with Crippen LogP contribution < -0.4 is 16.0 Å². The van der Waals surface area contributed by atoms with E-state index in [2.05, 4.69) is 12.0 Å². The molecule has 126 valence electrons. The highest BCUT2D eigenvalue weighted by Gasteiger charge is 2.11. The summed E-state index contributed by atoms with van der Waals surface area (Å²) in [6.07, 6.45) is 6.64. The molecule has 0 bridgehead atoms. The Morgan fingerprint density at radius 2 is 1.82 bits per heavy atom. The number of aryl methyl sites for hydroxylation is 1. The van der Waals surface area contributed by atoms with E-state index >= 15 is 0 Å². The molecule has 0 saturated carbocycles. The van der Waals surface area contributed by atoms with Gasteiger partial charge in [0.2, 0.25) is 0 Å². The van der Waals surface area contributed by atoms with E-state index in [9.17, 15) is 9.59 Å². The summed E-state index contributed by atoms with van der Waals surface area (Å²) in [6.45, 7) is 3.03. The number of aromatic nitrogens is 3. The molecule has 1 aromatic rings. The fourth-order valence-electron chi connectivity index (χ4n) is 2.08. The lowest BCUT2D eigenvalue weighted by Gasteiger charge is -2.10. The molecule has 0 atom stereocenters. The largest absolute Gasteiger partial charge is 0.473 e. The van der Waals surface area contributed by atoms with E-state index in [0.29, 0.717) is 26.0 Å². The molecule has 1 heterocycles. The van der Waals surface area contributed by atoms with Crippen LogP contribution in [-0.4, -0.2) is 32.7 Å². The third kappa shape index (κ3) is 5.63. The molecule has 0 fully saturated rings. The second-order valence-electron chi connectivity index (χ2n) is 5.37. The van der Waals surface area contributed by atoms with Crippen LogP contribution in [0.15, 0.2) is 9.59 Å². The highest BCUT2D eigenvalue weighted by atomic mass is 16.5. The van der Waals surface area contributed by atoms with Crippen molar-refractivity contribution in [2.45, 2.75) is 58.4 Å². The number of hydrogen-bond acceptors (Lipinski definition) is 5. The number of aliphatic hydroxyl groups is 1. The van der Waals surface area contributed by atoms with Gasteiger partial charge in [-0.1, -0.05) is 32.6 Å².